The predicted molar refractivity (Wildman–Crippen MR) is 135 cm³/mol. The van der Waals surface area contributed by atoms with Crippen LogP contribution in [0.3, 0.4) is 0 Å². The van der Waals surface area contributed by atoms with E-state index in [4.69, 9.17) is 9.47 Å². The first-order valence-electron chi connectivity index (χ1n) is 10.7. The van der Waals surface area contributed by atoms with E-state index in [0.29, 0.717) is 21.8 Å². The van der Waals surface area contributed by atoms with Crippen molar-refractivity contribution in [1.29, 1.82) is 0 Å². The molecule has 2 heterocycles. The molecule has 0 spiro atoms. The van der Waals surface area contributed by atoms with E-state index in [2.05, 4.69) is 21.2 Å². The average molecular weight is 574 g/mol. The van der Waals surface area contributed by atoms with Gasteiger partial charge in [0.25, 0.3) is 17.5 Å². The van der Waals surface area contributed by atoms with Gasteiger partial charge in [-0.1, -0.05) is 45.9 Å². The van der Waals surface area contributed by atoms with Crippen LogP contribution in [0.5, 0.6) is 5.75 Å². The maximum absolute atomic E-state index is 13.0. The number of para-hydroxylation sites is 1. The highest BCUT2D eigenvalue weighted by molar-refractivity contribution is 9.11. The summed E-state index contributed by atoms with van der Waals surface area (Å²) in [5, 5.41) is 13.0. The van der Waals surface area contributed by atoms with Gasteiger partial charge in [0.1, 0.15) is 29.5 Å². The second-order valence-electron chi connectivity index (χ2n) is 7.81. The first-order chi connectivity index (χ1) is 17.3. The van der Waals surface area contributed by atoms with Gasteiger partial charge >= 0.3 is 5.97 Å². The summed E-state index contributed by atoms with van der Waals surface area (Å²) in [6.45, 7) is 1.31. The zero-order valence-electron chi connectivity index (χ0n) is 18.9. The lowest BCUT2D eigenvalue weighted by Crippen LogP contribution is -2.70. The molecule has 0 aromatic heterocycles. The second-order valence-corrected chi connectivity index (χ2v) is 9.43. The van der Waals surface area contributed by atoms with Crippen molar-refractivity contribution in [2.24, 2.45) is 0 Å². The maximum Gasteiger partial charge on any atom is 0.355 e. The van der Waals surface area contributed by atoms with Gasteiger partial charge in [-0.05, 0) is 47.3 Å². The van der Waals surface area contributed by atoms with E-state index < -0.39 is 34.1 Å². The van der Waals surface area contributed by atoms with Gasteiger partial charge in [0.2, 0.25) is 0 Å². The Morgan fingerprint density at radius 1 is 1.19 bits per heavy atom. The molecule has 1 N–H and O–H groups in total. The number of non-ortho nitro benzene ring substituents is 1. The van der Waals surface area contributed by atoms with E-state index in [1.54, 1.807) is 36.2 Å². The number of esters is 1. The van der Waals surface area contributed by atoms with Crippen LogP contribution in [0.25, 0.3) is 0 Å². The van der Waals surface area contributed by atoms with Crippen LogP contribution >= 0.6 is 27.7 Å². The summed E-state index contributed by atoms with van der Waals surface area (Å²) in [6.07, 6.45) is 0. The van der Waals surface area contributed by atoms with Crippen molar-refractivity contribution >= 4 is 51.2 Å². The number of nitrogens with one attached hydrogen (secondary N) is 1. The molecule has 2 aromatic rings. The number of thioether (sulfide) groups is 1. The molecule has 0 radical (unpaired) electrons. The molecule has 36 heavy (non-hydrogen) atoms. The van der Waals surface area contributed by atoms with Crippen LogP contribution in [-0.2, 0) is 25.7 Å². The number of carbonyl (C=O) groups is 3. The fraction of sp³-hybridized carbons (Fsp3) is 0.208. The van der Waals surface area contributed by atoms with E-state index >= 15 is 0 Å². The Morgan fingerprint density at radius 2 is 1.89 bits per heavy atom. The van der Waals surface area contributed by atoms with Crippen LogP contribution in [0.4, 0.5) is 5.69 Å². The van der Waals surface area contributed by atoms with Crippen LogP contribution < -0.4 is 10.1 Å². The molecule has 186 valence electrons. The quantitative estimate of drug-likeness (QED) is 0.219. The Bertz CT molecular complexity index is 1260. The van der Waals surface area contributed by atoms with Crippen LogP contribution in [0.15, 0.2) is 75.8 Å². The van der Waals surface area contributed by atoms with Crippen molar-refractivity contribution in [1.82, 2.24) is 10.2 Å². The standard InChI is InChI=1S/C24H20BrN3O7S/c1-14-18(11-25)36-23-20(26-19(29)13-34-17-5-3-2-4-6-17)22(30)27(23)21(14)24(31)35-12-15-7-9-16(10-8-15)28(32)33/h2-11,20,23H,12-13H2,1H3,(H,26,29)/t20?,23-/m0/s1. The fourth-order valence-corrected chi connectivity index (χ4v) is 5.53. The van der Waals surface area contributed by atoms with Crippen molar-refractivity contribution < 1.29 is 28.8 Å². The third kappa shape index (κ3) is 5.29. The topological polar surface area (TPSA) is 128 Å². The molecular weight excluding hydrogens is 554 g/mol. The van der Waals surface area contributed by atoms with Crippen molar-refractivity contribution in [3.05, 3.63) is 91.4 Å². The smallest absolute Gasteiger partial charge is 0.355 e. The third-order valence-corrected chi connectivity index (χ3v) is 7.66. The first-order valence-corrected chi connectivity index (χ1v) is 12.5. The zero-order chi connectivity index (χ0) is 25.8. The number of fused-ring (bicyclic) bond motifs is 1. The summed E-state index contributed by atoms with van der Waals surface area (Å²) in [7, 11) is 0. The van der Waals surface area contributed by atoms with E-state index in [-0.39, 0.29) is 24.6 Å². The van der Waals surface area contributed by atoms with Crippen molar-refractivity contribution in [2.75, 3.05) is 6.61 Å². The summed E-state index contributed by atoms with van der Waals surface area (Å²) in [5.74, 6) is -1.08. The molecule has 10 nitrogen and oxygen atoms in total. The van der Waals surface area contributed by atoms with Crippen LogP contribution in [0.2, 0.25) is 0 Å². The van der Waals surface area contributed by atoms with Crippen LogP contribution in [-0.4, -0.2) is 45.6 Å². The van der Waals surface area contributed by atoms with Gasteiger partial charge in [0, 0.05) is 17.0 Å². The number of nitro groups is 1. The molecule has 2 aromatic carbocycles. The molecule has 2 aliphatic heterocycles. The Hall–Kier alpha value is -3.64. The molecule has 2 amide bonds. The first kappa shape index (κ1) is 25.5. The molecule has 0 bridgehead atoms. The van der Waals surface area contributed by atoms with Gasteiger partial charge < -0.3 is 14.8 Å². The van der Waals surface area contributed by atoms with Gasteiger partial charge in [0.15, 0.2) is 6.61 Å². The monoisotopic (exact) mass is 573 g/mol. The summed E-state index contributed by atoms with van der Waals surface area (Å²) in [5.41, 5.74) is 1.12. The maximum atomic E-state index is 13.0. The highest BCUT2D eigenvalue weighted by atomic mass is 79.9. The molecule has 2 atom stereocenters. The largest absolute Gasteiger partial charge is 0.484 e. The number of rotatable bonds is 8. The number of allylic oxidation sites excluding steroid dienone is 1. The van der Waals surface area contributed by atoms with Crippen molar-refractivity contribution in [3.8, 4) is 5.75 Å². The van der Waals surface area contributed by atoms with Gasteiger partial charge in [0.05, 0.1) is 4.92 Å². The van der Waals surface area contributed by atoms with E-state index in [1.807, 2.05) is 6.07 Å². The number of ether oxygens (including phenoxy) is 2. The molecule has 1 unspecified atom stereocenters. The minimum absolute atomic E-state index is 0.0729. The predicted octanol–water partition coefficient (Wildman–Crippen LogP) is 3.63. The summed E-state index contributed by atoms with van der Waals surface area (Å²) >= 11 is 4.63. The summed E-state index contributed by atoms with van der Waals surface area (Å²) in [4.78, 5) is 52.3. The molecule has 2 aliphatic rings. The molecule has 0 aliphatic carbocycles. The lowest BCUT2D eigenvalue weighted by Gasteiger charge is -2.49. The van der Waals surface area contributed by atoms with E-state index in [0.717, 1.165) is 0 Å². The number of β-lactam (4-membered cyclic amide) rings is 1. The Morgan fingerprint density at radius 3 is 2.53 bits per heavy atom. The summed E-state index contributed by atoms with van der Waals surface area (Å²) < 4.78 is 10.9. The highest BCUT2D eigenvalue weighted by Gasteiger charge is 2.55. The average Bonchev–Trinajstić information content (AvgIpc) is 2.89. The fourth-order valence-electron chi connectivity index (χ4n) is 3.64. The number of amides is 2. The van der Waals surface area contributed by atoms with Crippen LogP contribution in [0.1, 0.15) is 12.5 Å². The normalized spacial score (nSPS) is 19.9. The number of hydrogen-bond acceptors (Lipinski definition) is 8. The Labute approximate surface area is 218 Å². The molecule has 4 rings (SSSR count). The third-order valence-electron chi connectivity index (χ3n) is 5.50. The lowest BCUT2D eigenvalue weighted by molar-refractivity contribution is -0.384. The van der Waals surface area contributed by atoms with Gasteiger partial charge in [-0.25, -0.2) is 4.79 Å². The summed E-state index contributed by atoms with van der Waals surface area (Å²) in [6, 6.07) is 13.6. The molecule has 12 heteroatoms. The second kappa shape index (κ2) is 11.0. The number of benzene rings is 2. The van der Waals surface area contributed by atoms with E-state index in [1.165, 1.54) is 40.9 Å². The van der Waals surface area contributed by atoms with Gasteiger partial charge in [-0.15, -0.1) is 0 Å². The van der Waals surface area contributed by atoms with Gasteiger partial charge in [-0.3, -0.25) is 24.6 Å². The highest BCUT2D eigenvalue weighted by Crippen LogP contribution is 2.46. The molecule has 1 fully saturated rings. The number of carbonyl (C=O) groups excluding carboxylic acids is 3. The number of nitro benzene ring substituents is 1. The lowest BCUT2D eigenvalue weighted by atomic mass is 10.0. The van der Waals surface area contributed by atoms with E-state index in [9.17, 15) is 24.5 Å². The number of halogens is 1. The van der Waals surface area contributed by atoms with Crippen LogP contribution in [0, 0.1) is 10.1 Å². The number of nitrogens with zero attached hydrogens (tertiary/aromatic N) is 2. The Kier molecular flexibility index (Phi) is 7.75. The molecule has 1 saturated heterocycles. The Balaban J connectivity index is 1.42. The van der Waals surface area contributed by atoms with Crippen molar-refractivity contribution in [3.63, 3.8) is 0 Å². The minimum atomic E-state index is -0.838. The molecular formula is C24H20BrN3O7S. The SMILES string of the molecule is CC1=C(C(=O)OCc2ccc([N+](=O)[O-])cc2)N2C(=O)C(NC(=O)COc3ccccc3)[C@@H]2SC1=CBr. The zero-order valence-corrected chi connectivity index (χ0v) is 21.3. The van der Waals surface area contributed by atoms with Crippen molar-refractivity contribution in [2.45, 2.75) is 24.9 Å². The molecule has 0 saturated carbocycles. The minimum Gasteiger partial charge on any atom is -0.484 e. The van der Waals surface area contributed by atoms with Gasteiger partial charge in [-0.2, -0.15) is 0 Å². The number of hydrogen-bond donors (Lipinski definition) is 1.